The summed E-state index contributed by atoms with van der Waals surface area (Å²) in [5.74, 6) is 0. The molecule has 52 valence electrons. The van der Waals surface area contributed by atoms with Gasteiger partial charge in [0.2, 0.25) is 0 Å². The van der Waals surface area contributed by atoms with Crippen molar-refractivity contribution in [1.82, 2.24) is 4.98 Å². The number of benzene rings is 1. The van der Waals surface area contributed by atoms with E-state index in [9.17, 15) is 0 Å². The zero-order chi connectivity index (χ0) is 7.68. The quantitative estimate of drug-likeness (QED) is 0.627. The third kappa shape index (κ3) is 1.25. The number of fused-ring (bicyclic) bond motifs is 1. The molecule has 1 heterocycles. The fourth-order valence-electron chi connectivity index (χ4n) is 1.13. The average Bonchev–Trinajstić information content (AvgIpc) is 2.06. The minimum atomic E-state index is 1.14. The average molecular weight is 248 g/mol. The molecule has 1 aromatic carbocycles. The second-order valence-corrected chi connectivity index (χ2v) is 4.20. The van der Waals surface area contributed by atoms with Gasteiger partial charge in [0.15, 0.2) is 0 Å². The maximum atomic E-state index is 4.31. The van der Waals surface area contributed by atoms with E-state index >= 15 is 0 Å². The molecule has 2 heteroatoms. The Labute approximate surface area is 78.5 Å². The van der Waals surface area contributed by atoms with Crippen molar-refractivity contribution < 1.29 is 0 Å². The van der Waals surface area contributed by atoms with Gasteiger partial charge in [-0.15, -0.1) is 0 Å². The second kappa shape index (κ2) is 2.81. The molecule has 0 N–H and O–H groups in total. The summed E-state index contributed by atoms with van der Waals surface area (Å²) < 4.78 is 1.37. The predicted octanol–water partition coefficient (Wildman–Crippen LogP) is 0.761. The molecule has 11 heavy (non-hydrogen) atoms. The number of pyridine rings is 1. The van der Waals surface area contributed by atoms with E-state index in [2.05, 4.69) is 29.2 Å². The van der Waals surface area contributed by atoms with Crippen LogP contribution in [-0.4, -0.2) is 27.5 Å². The molecule has 1 nitrogen and oxygen atoms in total. The SMILES string of the molecule is [SnH][c]1cccc2cccnc12. The summed E-state index contributed by atoms with van der Waals surface area (Å²) in [6.45, 7) is 0. The van der Waals surface area contributed by atoms with Crippen molar-refractivity contribution in [2.24, 2.45) is 0 Å². The van der Waals surface area contributed by atoms with E-state index in [1.807, 2.05) is 12.3 Å². The van der Waals surface area contributed by atoms with Crippen LogP contribution < -0.4 is 3.58 Å². The van der Waals surface area contributed by atoms with Crippen LogP contribution in [-0.2, 0) is 0 Å². The van der Waals surface area contributed by atoms with Gasteiger partial charge in [0.25, 0.3) is 0 Å². The Morgan fingerprint density at radius 1 is 1.09 bits per heavy atom. The molecule has 0 amide bonds. The zero-order valence-corrected chi connectivity index (χ0v) is 9.28. The van der Waals surface area contributed by atoms with Crippen LogP contribution in [0.1, 0.15) is 0 Å². The first-order chi connectivity index (χ1) is 5.38. The van der Waals surface area contributed by atoms with Gasteiger partial charge in [-0.25, -0.2) is 0 Å². The van der Waals surface area contributed by atoms with Crippen molar-refractivity contribution in [2.75, 3.05) is 0 Å². The summed E-state index contributed by atoms with van der Waals surface area (Å²) >= 11 is 1.14. The summed E-state index contributed by atoms with van der Waals surface area (Å²) in [5.41, 5.74) is 1.16. The van der Waals surface area contributed by atoms with Crippen molar-refractivity contribution in [3.05, 3.63) is 36.5 Å². The topological polar surface area (TPSA) is 12.9 Å². The van der Waals surface area contributed by atoms with Crippen LogP contribution >= 0.6 is 0 Å². The molecule has 2 radical (unpaired) electrons. The Kier molecular flexibility index (Phi) is 1.82. The molecular weight excluding hydrogens is 241 g/mol. The van der Waals surface area contributed by atoms with Gasteiger partial charge in [-0.3, -0.25) is 0 Å². The molecule has 0 bridgehead atoms. The first kappa shape index (κ1) is 7.10. The number of hydrogen-bond acceptors (Lipinski definition) is 1. The number of hydrogen-bond donors (Lipinski definition) is 0. The number of rotatable bonds is 0. The van der Waals surface area contributed by atoms with Crippen LogP contribution in [0.25, 0.3) is 10.9 Å². The van der Waals surface area contributed by atoms with Crippen LogP contribution in [0.5, 0.6) is 0 Å². The normalized spacial score (nSPS) is 10.3. The standard InChI is InChI=1S/C9H6N.Sn.H/c1-2-6-9-8(4-1)5-3-7-10-9;;/h1-5,7H;;. The molecule has 0 aliphatic rings. The van der Waals surface area contributed by atoms with Crippen molar-refractivity contribution in [3.63, 3.8) is 0 Å². The van der Waals surface area contributed by atoms with Crippen LogP contribution in [0.15, 0.2) is 36.5 Å². The number of nitrogens with zero attached hydrogens (tertiary/aromatic N) is 1. The van der Waals surface area contributed by atoms with Gasteiger partial charge in [0.05, 0.1) is 0 Å². The minimum absolute atomic E-state index is 1.14. The fourth-order valence-corrected chi connectivity index (χ4v) is 2.13. The summed E-state index contributed by atoms with van der Waals surface area (Å²) in [4.78, 5) is 4.31. The van der Waals surface area contributed by atoms with E-state index in [0.29, 0.717) is 0 Å². The van der Waals surface area contributed by atoms with Gasteiger partial charge in [0.1, 0.15) is 0 Å². The first-order valence-corrected chi connectivity index (χ1v) is 5.12. The summed E-state index contributed by atoms with van der Waals surface area (Å²) in [5, 5.41) is 1.25. The molecule has 0 saturated heterocycles. The van der Waals surface area contributed by atoms with Gasteiger partial charge in [-0.05, 0) is 0 Å². The molecule has 0 aliphatic heterocycles. The monoisotopic (exact) mass is 249 g/mol. The van der Waals surface area contributed by atoms with Crippen molar-refractivity contribution >= 4 is 37.0 Å². The molecule has 0 atom stereocenters. The summed E-state index contributed by atoms with van der Waals surface area (Å²) in [6, 6.07) is 10.4. The maximum absolute atomic E-state index is 4.31. The van der Waals surface area contributed by atoms with Crippen LogP contribution in [0.3, 0.4) is 0 Å². The van der Waals surface area contributed by atoms with Gasteiger partial charge in [-0.2, -0.15) is 0 Å². The molecule has 2 rings (SSSR count). The van der Waals surface area contributed by atoms with E-state index in [0.717, 1.165) is 28.0 Å². The molecule has 0 saturated carbocycles. The summed E-state index contributed by atoms with van der Waals surface area (Å²) in [7, 11) is 0. The fraction of sp³-hybridized carbons (Fsp3) is 0. The molecule has 2 aromatic rings. The summed E-state index contributed by atoms with van der Waals surface area (Å²) in [6.07, 6.45) is 1.85. The van der Waals surface area contributed by atoms with Crippen molar-refractivity contribution in [3.8, 4) is 0 Å². The van der Waals surface area contributed by atoms with E-state index < -0.39 is 0 Å². The van der Waals surface area contributed by atoms with Gasteiger partial charge < -0.3 is 0 Å². The molecule has 0 spiro atoms. The van der Waals surface area contributed by atoms with E-state index in [1.54, 1.807) is 0 Å². The Balaban J connectivity index is 2.91. The Bertz CT molecular complexity index is 379. The third-order valence-corrected chi connectivity index (χ3v) is 2.99. The number of aromatic nitrogens is 1. The van der Waals surface area contributed by atoms with Gasteiger partial charge in [0, 0.05) is 0 Å². The van der Waals surface area contributed by atoms with Crippen LogP contribution in [0.2, 0.25) is 0 Å². The van der Waals surface area contributed by atoms with Crippen LogP contribution in [0.4, 0.5) is 0 Å². The molecule has 1 aromatic heterocycles. The van der Waals surface area contributed by atoms with Crippen molar-refractivity contribution in [2.45, 2.75) is 0 Å². The Hall–Kier alpha value is -0.571. The molecule has 0 aliphatic carbocycles. The van der Waals surface area contributed by atoms with Gasteiger partial charge >= 0.3 is 78.5 Å². The number of para-hydroxylation sites is 1. The second-order valence-electron chi connectivity index (χ2n) is 2.42. The van der Waals surface area contributed by atoms with Crippen LogP contribution in [0, 0.1) is 0 Å². The molecular formula is C9H7NSn. The first-order valence-electron chi connectivity index (χ1n) is 3.47. The predicted molar refractivity (Wildman–Crippen MR) is 48.5 cm³/mol. The Morgan fingerprint density at radius 3 is 2.73 bits per heavy atom. The molecule has 0 fully saturated rings. The van der Waals surface area contributed by atoms with Crippen molar-refractivity contribution in [1.29, 1.82) is 0 Å². The zero-order valence-electron chi connectivity index (χ0n) is 5.99. The van der Waals surface area contributed by atoms with E-state index in [-0.39, 0.29) is 0 Å². The Morgan fingerprint density at radius 2 is 1.91 bits per heavy atom. The third-order valence-electron chi connectivity index (χ3n) is 1.66. The van der Waals surface area contributed by atoms with E-state index in [4.69, 9.17) is 0 Å². The molecule has 0 unspecified atom stereocenters. The van der Waals surface area contributed by atoms with E-state index in [1.165, 1.54) is 8.97 Å². The van der Waals surface area contributed by atoms with Gasteiger partial charge in [-0.1, -0.05) is 0 Å².